The molecule has 0 bridgehead atoms. The summed E-state index contributed by atoms with van der Waals surface area (Å²) in [6.45, 7) is 7.03. The molecule has 0 unspecified atom stereocenters. The van der Waals surface area contributed by atoms with Crippen molar-refractivity contribution < 1.29 is 14.3 Å². The van der Waals surface area contributed by atoms with Crippen LogP contribution >= 0.6 is 0 Å². The summed E-state index contributed by atoms with van der Waals surface area (Å²) in [6, 6.07) is 15.4. The van der Waals surface area contributed by atoms with Crippen LogP contribution in [0, 0.1) is 6.92 Å². The normalized spacial score (nSPS) is 11.6. The van der Waals surface area contributed by atoms with E-state index < -0.39 is 6.04 Å². The van der Waals surface area contributed by atoms with E-state index in [1.807, 2.05) is 45.0 Å². The number of nitrogens with zero attached hydrogens (tertiary/aromatic N) is 1. The van der Waals surface area contributed by atoms with E-state index in [9.17, 15) is 9.59 Å². The molecule has 2 aromatic rings. The smallest absolute Gasteiger partial charge is 0.242 e. The number of benzene rings is 2. The largest absolute Gasteiger partial charge is 0.497 e. The van der Waals surface area contributed by atoms with E-state index in [4.69, 9.17) is 4.74 Å². The minimum Gasteiger partial charge on any atom is -0.497 e. The van der Waals surface area contributed by atoms with Crippen molar-refractivity contribution in [3.63, 3.8) is 0 Å². The van der Waals surface area contributed by atoms with Gasteiger partial charge in [0.05, 0.1) is 7.11 Å². The van der Waals surface area contributed by atoms with Crippen LogP contribution in [0.1, 0.15) is 49.8 Å². The molecule has 2 rings (SSSR count). The third-order valence-corrected chi connectivity index (χ3v) is 5.20. The number of aryl methyl sites for hydroxylation is 2. The highest BCUT2D eigenvalue weighted by Crippen LogP contribution is 2.18. The van der Waals surface area contributed by atoms with Crippen molar-refractivity contribution in [2.45, 2.75) is 59.0 Å². The molecule has 0 fully saturated rings. The first-order chi connectivity index (χ1) is 14.5. The molecule has 1 atom stereocenters. The van der Waals surface area contributed by atoms with Crippen LogP contribution in [0.25, 0.3) is 0 Å². The number of hydrogen-bond donors (Lipinski definition) is 1. The van der Waals surface area contributed by atoms with Gasteiger partial charge in [0, 0.05) is 19.5 Å². The number of carbonyl (C=O) groups excluding carboxylic acids is 2. The third-order valence-electron chi connectivity index (χ3n) is 5.20. The fourth-order valence-corrected chi connectivity index (χ4v) is 3.36. The average molecular weight is 411 g/mol. The van der Waals surface area contributed by atoms with Gasteiger partial charge in [-0.2, -0.15) is 0 Å². The Morgan fingerprint density at radius 1 is 1.00 bits per heavy atom. The molecule has 2 amide bonds. The maximum Gasteiger partial charge on any atom is 0.242 e. The minimum atomic E-state index is -0.482. The number of amides is 2. The van der Waals surface area contributed by atoms with Crippen LogP contribution in [0.3, 0.4) is 0 Å². The Morgan fingerprint density at radius 3 is 2.20 bits per heavy atom. The number of rotatable bonds is 11. The summed E-state index contributed by atoms with van der Waals surface area (Å²) in [4.78, 5) is 27.7. The highest BCUT2D eigenvalue weighted by molar-refractivity contribution is 5.87. The van der Waals surface area contributed by atoms with Gasteiger partial charge in [0.1, 0.15) is 11.8 Å². The Kier molecular flexibility index (Phi) is 9.39. The summed E-state index contributed by atoms with van der Waals surface area (Å²) in [6.07, 6.45) is 2.46. The van der Waals surface area contributed by atoms with Crippen LogP contribution in [0.15, 0.2) is 48.5 Å². The molecule has 2 aromatic carbocycles. The highest BCUT2D eigenvalue weighted by Gasteiger charge is 2.28. The standard InChI is InChI=1S/C25H34N2O3/c1-5-17-26-25(29)23(6-2)27(18-21-11-14-22(30-4)15-12-21)24(28)16-13-20-9-7-19(3)8-10-20/h7-12,14-15,23H,5-6,13,16-18H2,1-4H3,(H,26,29)/t23-/m0/s1. The maximum absolute atomic E-state index is 13.2. The second-order valence-corrected chi connectivity index (χ2v) is 7.57. The Labute approximate surface area is 180 Å². The predicted octanol–water partition coefficient (Wildman–Crippen LogP) is 4.27. The van der Waals surface area contributed by atoms with Crippen molar-refractivity contribution >= 4 is 11.8 Å². The Balaban J connectivity index is 2.17. The van der Waals surface area contributed by atoms with Crippen molar-refractivity contribution in [1.29, 1.82) is 0 Å². The van der Waals surface area contributed by atoms with Crippen LogP contribution in [-0.4, -0.2) is 36.4 Å². The molecule has 162 valence electrons. The molecule has 0 heterocycles. The van der Waals surface area contributed by atoms with Crippen molar-refractivity contribution in [2.75, 3.05) is 13.7 Å². The summed E-state index contributed by atoms with van der Waals surface area (Å²) in [5.41, 5.74) is 3.30. The van der Waals surface area contributed by atoms with Crippen LogP contribution < -0.4 is 10.1 Å². The second-order valence-electron chi connectivity index (χ2n) is 7.57. The van der Waals surface area contributed by atoms with E-state index in [1.165, 1.54) is 5.56 Å². The summed E-state index contributed by atoms with van der Waals surface area (Å²) >= 11 is 0. The molecule has 0 aliphatic rings. The quantitative estimate of drug-likeness (QED) is 0.602. The number of ether oxygens (including phenoxy) is 1. The molecule has 0 saturated carbocycles. The number of nitrogens with one attached hydrogen (secondary N) is 1. The van der Waals surface area contributed by atoms with Gasteiger partial charge in [0.15, 0.2) is 0 Å². The van der Waals surface area contributed by atoms with Gasteiger partial charge in [-0.3, -0.25) is 9.59 Å². The monoisotopic (exact) mass is 410 g/mol. The van der Waals surface area contributed by atoms with Gasteiger partial charge in [0.2, 0.25) is 11.8 Å². The summed E-state index contributed by atoms with van der Waals surface area (Å²) in [5.74, 6) is 0.671. The number of carbonyl (C=O) groups is 2. The zero-order valence-corrected chi connectivity index (χ0v) is 18.6. The lowest BCUT2D eigenvalue weighted by molar-refractivity contribution is -0.141. The molecule has 0 aliphatic heterocycles. The van der Waals surface area contributed by atoms with Gasteiger partial charge in [-0.05, 0) is 49.4 Å². The van der Waals surface area contributed by atoms with E-state index in [-0.39, 0.29) is 11.8 Å². The zero-order chi connectivity index (χ0) is 21.9. The highest BCUT2D eigenvalue weighted by atomic mass is 16.5. The van der Waals surface area contributed by atoms with Gasteiger partial charge < -0.3 is 15.0 Å². The fraction of sp³-hybridized carbons (Fsp3) is 0.440. The van der Waals surface area contributed by atoms with Gasteiger partial charge in [0.25, 0.3) is 0 Å². The van der Waals surface area contributed by atoms with Crippen LogP contribution in [0.5, 0.6) is 5.75 Å². The molecule has 5 nitrogen and oxygen atoms in total. The van der Waals surface area contributed by atoms with Gasteiger partial charge >= 0.3 is 0 Å². The first kappa shape index (κ1) is 23.5. The average Bonchev–Trinajstić information content (AvgIpc) is 2.77. The van der Waals surface area contributed by atoms with Crippen molar-refractivity contribution in [1.82, 2.24) is 10.2 Å². The molecule has 1 N–H and O–H groups in total. The minimum absolute atomic E-state index is 0.00936. The number of hydrogen-bond acceptors (Lipinski definition) is 3. The third kappa shape index (κ3) is 6.90. The second kappa shape index (κ2) is 12.0. The molecular weight excluding hydrogens is 376 g/mol. The van der Waals surface area contributed by atoms with E-state index in [0.717, 1.165) is 23.3 Å². The van der Waals surface area contributed by atoms with E-state index in [1.54, 1.807) is 12.0 Å². The lowest BCUT2D eigenvalue weighted by Gasteiger charge is -2.31. The summed E-state index contributed by atoms with van der Waals surface area (Å²) in [5, 5.41) is 2.95. The molecule has 0 saturated heterocycles. The van der Waals surface area contributed by atoms with Gasteiger partial charge in [-0.15, -0.1) is 0 Å². The zero-order valence-electron chi connectivity index (χ0n) is 18.6. The van der Waals surface area contributed by atoms with E-state index in [0.29, 0.717) is 32.4 Å². The molecule has 0 aromatic heterocycles. The Hall–Kier alpha value is -2.82. The fourth-order valence-electron chi connectivity index (χ4n) is 3.36. The molecule has 5 heteroatoms. The van der Waals surface area contributed by atoms with Gasteiger partial charge in [-0.1, -0.05) is 55.8 Å². The summed E-state index contributed by atoms with van der Waals surface area (Å²) < 4.78 is 5.22. The van der Waals surface area contributed by atoms with Gasteiger partial charge in [-0.25, -0.2) is 0 Å². The first-order valence-corrected chi connectivity index (χ1v) is 10.7. The van der Waals surface area contributed by atoms with Crippen molar-refractivity contribution in [3.05, 3.63) is 65.2 Å². The van der Waals surface area contributed by atoms with Crippen LogP contribution in [-0.2, 0) is 22.6 Å². The molecule has 0 radical (unpaired) electrons. The molecule has 30 heavy (non-hydrogen) atoms. The van der Waals surface area contributed by atoms with Crippen molar-refractivity contribution in [3.8, 4) is 5.75 Å². The molecule has 0 aliphatic carbocycles. The van der Waals surface area contributed by atoms with E-state index >= 15 is 0 Å². The number of methoxy groups -OCH3 is 1. The molecule has 0 spiro atoms. The maximum atomic E-state index is 13.2. The molecular formula is C25H34N2O3. The van der Waals surface area contributed by atoms with Crippen LogP contribution in [0.4, 0.5) is 0 Å². The topological polar surface area (TPSA) is 58.6 Å². The van der Waals surface area contributed by atoms with Crippen LogP contribution in [0.2, 0.25) is 0 Å². The lowest BCUT2D eigenvalue weighted by atomic mass is 10.0. The van der Waals surface area contributed by atoms with E-state index in [2.05, 4.69) is 29.6 Å². The lowest BCUT2D eigenvalue weighted by Crippen LogP contribution is -2.49. The SMILES string of the molecule is CCCNC(=O)[C@H](CC)N(Cc1ccc(OC)cc1)C(=O)CCc1ccc(C)cc1. The Bertz CT molecular complexity index is 800. The first-order valence-electron chi connectivity index (χ1n) is 10.7. The predicted molar refractivity (Wildman–Crippen MR) is 120 cm³/mol. The summed E-state index contributed by atoms with van der Waals surface area (Å²) in [7, 11) is 1.63. The Morgan fingerprint density at radius 2 is 1.63 bits per heavy atom. The van der Waals surface area contributed by atoms with Crippen molar-refractivity contribution in [2.24, 2.45) is 0 Å².